The molecule has 0 bridgehead atoms. The summed E-state index contributed by atoms with van der Waals surface area (Å²) in [6.07, 6.45) is 6.56. The number of anilines is 1. The van der Waals surface area contributed by atoms with Gasteiger partial charge >= 0.3 is 0 Å². The molecule has 1 saturated heterocycles. The molecule has 3 rings (SSSR count). The fourth-order valence-electron chi connectivity index (χ4n) is 2.79. The van der Waals surface area contributed by atoms with Crippen molar-refractivity contribution in [3.05, 3.63) is 24.0 Å². The molecular weight excluding hydrogens is 224 g/mol. The number of nitrogens with one attached hydrogen (secondary N) is 2. The van der Waals surface area contributed by atoms with Crippen LogP contribution in [0.25, 0.3) is 11.0 Å². The second kappa shape index (κ2) is 4.61. The minimum Gasteiger partial charge on any atom is -0.387 e. The van der Waals surface area contributed by atoms with Crippen molar-refractivity contribution in [1.29, 1.82) is 0 Å². The summed E-state index contributed by atoms with van der Waals surface area (Å²) >= 11 is 0. The molecule has 1 aliphatic rings. The summed E-state index contributed by atoms with van der Waals surface area (Å²) in [5.41, 5.74) is 3.51. The molecule has 0 spiro atoms. The Labute approximate surface area is 107 Å². The first-order valence-corrected chi connectivity index (χ1v) is 6.65. The molecule has 2 N–H and O–H groups in total. The first-order valence-electron chi connectivity index (χ1n) is 6.65. The average molecular weight is 244 g/mol. The topological polar surface area (TPSA) is 41.9 Å². The molecule has 2 aromatic heterocycles. The Morgan fingerprint density at radius 1 is 1.39 bits per heavy atom. The van der Waals surface area contributed by atoms with Gasteiger partial charge in [-0.15, -0.1) is 0 Å². The summed E-state index contributed by atoms with van der Waals surface area (Å²) in [6, 6.07) is 2.78. The minimum atomic E-state index is 0.593. The van der Waals surface area contributed by atoms with Crippen LogP contribution < -0.4 is 10.6 Å². The predicted molar refractivity (Wildman–Crippen MR) is 75.2 cm³/mol. The SMILES string of the molecule is CNc1cnc2c(c1)c(C)cn2C1CCNCC1. The highest BCUT2D eigenvalue weighted by Crippen LogP contribution is 2.28. The molecule has 0 atom stereocenters. The lowest BCUT2D eigenvalue weighted by atomic mass is 10.1. The van der Waals surface area contributed by atoms with Gasteiger partial charge in [-0.25, -0.2) is 4.98 Å². The first-order chi connectivity index (χ1) is 8.79. The smallest absolute Gasteiger partial charge is 0.140 e. The van der Waals surface area contributed by atoms with Crippen LogP contribution in [0.4, 0.5) is 5.69 Å². The number of rotatable bonds is 2. The number of pyridine rings is 1. The monoisotopic (exact) mass is 244 g/mol. The lowest BCUT2D eigenvalue weighted by Crippen LogP contribution is -2.29. The van der Waals surface area contributed by atoms with Crippen LogP contribution in [0.2, 0.25) is 0 Å². The summed E-state index contributed by atoms with van der Waals surface area (Å²) in [6.45, 7) is 4.39. The van der Waals surface area contributed by atoms with Crippen molar-refractivity contribution in [2.45, 2.75) is 25.8 Å². The molecular formula is C14H20N4. The number of aryl methyl sites for hydroxylation is 1. The van der Waals surface area contributed by atoms with Crippen LogP contribution in [0, 0.1) is 6.92 Å². The molecule has 4 heteroatoms. The van der Waals surface area contributed by atoms with Crippen LogP contribution in [0.15, 0.2) is 18.5 Å². The third kappa shape index (κ3) is 1.86. The highest BCUT2D eigenvalue weighted by molar-refractivity contribution is 5.83. The van der Waals surface area contributed by atoms with Gasteiger partial charge in [0.2, 0.25) is 0 Å². The molecule has 0 amide bonds. The van der Waals surface area contributed by atoms with E-state index in [1.54, 1.807) is 0 Å². The third-order valence-electron chi connectivity index (χ3n) is 3.86. The molecule has 0 saturated carbocycles. The second-order valence-corrected chi connectivity index (χ2v) is 5.05. The van der Waals surface area contributed by atoms with E-state index in [0.29, 0.717) is 6.04 Å². The zero-order valence-electron chi connectivity index (χ0n) is 11.0. The average Bonchev–Trinajstić information content (AvgIpc) is 2.77. The van der Waals surface area contributed by atoms with Crippen LogP contribution in [0.3, 0.4) is 0 Å². The molecule has 0 aromatic carbocycles. The standard InChI is InChI=1S/C14H20N4/c1-10-9-18(12-3-5-16-6-4-12)14-13(10)7-11(15-2)8-17-14/h7-9,12,15-16H,3-6H2,1-2H3. The van der Waals surface area contributed by atoms with Crippen molar-refractivity contribution in [2.24, 2.45) is 0 Å². The second-order valence-electron chi connectivity index (χ2n) is 5.05. The molecule has 0 aliphatic carbocycles. The fourth-order valence-corrected chi connectivity index (χ4v) is 2.79. The van der Waals surface area contributed by atoms with E-state index in [-0.39, 0.29) is 0 Å². The fraction of sp³-hybridized carbons (Fsp3) is 0.500. The summed E-state index contributed by atoms with van der Waals surface area (Å²) in [7, 11) is 1.93. The molecule has 3 heterocycles. The van der Waals surface area contributed by atoms with Crippen molar-refractivity contribution in [3.63, 3.8) is 0 Å². The van der Waals surface area contributed by atoms with Crippen molar-refractivity contribution in [3.8, 4) is 0 Å². The largest absolute Gasteiger partial charge is 0.387 e. The third-order valence-corrected chi connectivity index (χ3v) is 3.86. The molecule has 96 valence electrons. The van der Waals surface area contributed by atoms with Gasteiger partial charge in [0.15, 0.2) is 0 Å². The Kier molecular flexibility index (Phi) is 2.96. The predicted octanol–water partition coefficient (Wildman–Crippen LogP) is 2.31. The number of piperidine rings is 1. The quantitative estimate of drug-likeness (QED) is 0.852. The Morgan fingerprint density at radius 2 is 2.17 bits per heavy atom. The summed E-state index contributed by atoms with van der Waals surface area (Å²) < 4.78 is 2.37. The van der Waals surface area contributed by atoms with Crippen LogP contribution >= 0.6 is 0 Å². The molecule has 0 unspecified atom stereocenters. The molecule has 4 nitrogen and oxygen atoms in total. The number of hydrogen-bond acceptors (Lipinski definition) is 3. The highest BCUT2D eigenvalue weighted by atomic mass is 15.1. The Morgan fingerprint density at radius 3 is 2.89 bits per heavy atom. The number of aromatic nitrogens is 2. The molecule has 2 aromatic rings. The van der Waals surface area contributed by atoms with Crippen LogP contribution in [-0.4, -0.2) is 29.7 Å². The van der Waals surface area contributed by atoms with E-state index < -0.39 is 0 Å². The minimum absolute atomic E-state index is 0.593. The van der Waals surface area contributed by atoms with E-state index in [1.165, 1.54) is 23.8 Å². The lowest BCUT2D eigenvalue weighted by molar-refractivity contribution is 0.374. The van der Waals surface area contributed by atoms with E-state index in [4.69, 9.17) is 0 Å². The van der Waals surface area contributed by atoms with Crippen molar-refractivity contribution < 1.29 is 0 Å². The van der Waals surface area contributed by atoms with Gasteiger partial charge in [-0.2, -0.15) is 0 Å². The Bertz CT molecular complexity index is 552. The van der Waals surface area contributed by atoms with Crippen LogP contribution in [0.1, 0.15) is 24.4 Å². The van der Waals surface area contributed by atoms with E-state index >= 15 is 0 Å². The van der Waals surface area contributed by atoms with Gasteiger partial charge in [0.25, 0.3) is 0 Å². The van der Waals surface area contributed by atoms with Crippen molar-refractivity contribution in [2.75, 3.05) is 25.5 Å². The van der Waals surface area contributed by atoms with Crippen molar-refractivity contribution in [1.82, 2.24) is 14.9 Å². The van der Waals surface area contributed by atoms with E-state index in [9.17, 15) is 0 Å². The maximum atomic E-state index is 4.63. The molecule has 1 fully saturated rings. The molecule has 0 radical (unpaired) electrons. The van der Waals surface area contributed by atoms with Gasteiger partial charge in [0.05, 0.1) is 11.9 Å². The van der Waals surface area contributed by atoms with E-state index in [2.05, 4.69) is 39.4 Å². The molecule has 1 aliphatic heterocycles. The van der Waals surface area contributed by atoms with Crippen molar-refractivity contribution >= 4 is 16.7 Å². The molecule has 18 heavy (non-hydrogen) atoms. The van der Waals surface area contributed by atoms with Gasteiger partial charge in [-0.1, -0.05) is 0 Å². The van der Waals surface area contributed by atoms with Gasteiger partial charge in [-0.05, 0) is 44.5 Å². The summed E-state index contributed by atoms with van der Waals surface area (Å²) in [5, 5.41) is 7.83. The van der Waals surface area contributed by atoms with Crippen LogP contribution in [0.5, 0.6) is 0 Å². The zero-order chi connectivity index (χ0) is 12.5. The van der Waals surface area contributed by atoms with Gasteiger partial charge < -0.3 is 15.2 Å². The normalized spacial score (nSPS) is 17.2. The lowest BCUT2D eigenvalue weighted by Gasteiger charge is -2.24. The summed E-state index contributed by atoms with van der Waals surface area (Å²) in [4.78, 5) is 4.63. The maximum Gasteiger partial charge on any atom is 0.140 e. The zero-order valence-corrected chi connectivity index (χ0v) is 11.0. The Balaban J connectivity index is 2.07. The number of fused-ring (bicyclic) bond motifs is 1. The van der Waals surface area contributed by atoms with E-state index in [0.717, 1.165) is 24.4 Å². The van der Waals surface area contributed by atoms with Gasteiger partial charge in [0, 0.05) is 24.7 Å². The first kappa shape index (κ1) is 11.5. The maximum absolute atomic E-state index is 4.63. The number of hydrogen-bond donors (Lipinski definition) is 2. The Hall–Kier alpha value is -1.55. The number of nitrogens with zero attached hydrogens (tertiary/aromatic N) is 2. The van der Waals surface area contributed by atoms with Crippen LogP contribution in [-0.2, 0) is 0 Å². The van der Waals surface area contributed by atoms with E-state index in [1.807, 2.05) is 13.2 Å². The van der Waals surface area contributed by atoms with Gasteiger partial charge in [0.1, 0.15) is 5.65 Å². The van der Waals surface area contributed by atoms with Gasteiger partial charge in [-0.3, -0.25) is 0 Å². The summed E-state index contributed by atoms with van der Waals surface area (Å²) in [5.74, 6) is 0. The highest BCUT2D eigenvalue weighted by Gasteiger charge is 2.18.